The maximum Gasteiger partial charge on any atom is 0.160 e. The van der Waals surface area contributed by atoms with Crippen molar-refractivity contribution in [1.82, 2.24) is 29.6 Å². The standard InChI is InChI=1S/C19H24N6.2ClH/c1-14-5-3-7-21-17(14)11-15(2)24-10-8-22-19(24)18-12-16-13-20-6-4-9-25(16)23-18;;/h3,5,7-8,10,12,15,20H,4,6,9,11,13H2,1-2H3;2*1H. The first-order valence-electron chi connectivity index (χ1n) is 8.93. The smallest absolute Gasteiger partial charge is 0.160 e. The van der Waals surface area contributed by atoms with Gasteiger partial charge in [0.2, 0.25) is 0 Å². The molecular weight excluding hydrogens is 383 g/mol. The van der Waals surface area contributed by atoms with Crippen LogP contribution in [0.2, 0.25) is 0 Å². The second kappa shape index (κ2) is 9.35. The molecule has 3 aromatic heterocycles. The zero-order valence-electron chi connectivity index (χ0n) is 15.6. The molecule has 0 saturated heterocycles. The molecule has 0 amide bonds. The van der Waals surface area contributed by atoms with E-state index in [-0.39, 0.29) is 30.9 Å². The van der Waals surface area contributed by atoms with Gasteiger partial charge in [-0.05, 0) is 44.5 Å². The van der Waals surface area contributed by atoms with Gasteiger partial charge in [-0.15, -0.1) is 24.8 Å². The fraction of sp³-hybridized carbons (Fsp3) is 0.421. The van der Waals surface area contributed by atoms with Crippen molar-refractivity contribution < 1.29 is 0 Å². The highest BCUT2D eigenvalue weighted by Crippen LogP contribution is 2.24. The molecule has 1 N–H and O–H groups in total. The van der Waals surface area contributed by atoms with Crippen molar-refractivity contribution in [2.45, 2.75) is 45.8 Å². The molecule has 4 rings (SSSR count). The van der Waals surface area contributed by atoms with Crippen LogP contribution < -0.4 is 5.32 Å². The number of pyridine rings is 1. The summed E-state index contributed by atoms with van der Waals surface area (Å²) in [7, 11) is 0. The van der Waals surface area contributed by atoms with Crippen molar-refractivity contribution in [1.29, 1.82) is 0 Å². The van der Waals surface area contributed by atoms with E-state index in [0.717, 1.165) is 49.7 Å². The number of aryl methyl sites for hydroxylation is 2. The molecule has 8 heteroatoms. The maximum absolute atomic E-state index is 4.80. The highest BCUT2D eigenvalue weighted by Gasteiger charge is 2.18. The summed E-state index contributed by atoms with van der Waals surface area (Å²) < 4.78 is 4.33. The topological polar surface area (TPSA) is 60.6 Å². The van der Waals surface area contributed by atoms with E-state index < -0.39 is 0 Å². The van der Waals surface area contributed by atoms with Crippen LogP contribution >= 0.6 is 24.8 Å². The van der Waals surface area contributed by atoms with E-state index >= 15 is 0 Å². The third-order valence-electron chi connectivity index (χ3n) is 4.87. The molecule has 0 bridgehead atoms. The minimum absolute atomic E-state index is 0. The molecule has 146 valence electrons. The second-order valence-electron chi connectivity index (χ2n) is 6.75. The first-order valence-corrected chi connectivity index (χ1v) is 8.93. The van der Waals surface area contributed by atoms with Gasteiger partial charge in [0.25, 0.3) is 0 Å². The van der Waals surface area contributed by atoms with Crippen molar-refractivity contribution in [3.63, 3.8) is 0 Å². The largest absolute Gasteiger partial charge is 0.326 e. The molecule has 0 spiro atoms. The van der Waals surface area contributed by atoms with Gasteiger partial charge in [0.15, 0.2) is 5.82 Å². The van der Waals surface area contributed by atoms with Crippen molar-refractivity contribution in [3.05, 3.63) is 53.7 Å². The number of nitrogens with zero attached hydrogens (tertiary/aromatic N) is 5. The molecule has 1 unspecified atom stereocenters. The number of nitrogens with one attached hydrogen (secondary N) is 1. The molecule has 0 fully saturated rings. The lowest BCUT2D eigenvalue weighted by molar-refractivity contribution is 0.539. The lowest BCUT2D eigenvalue weighted by Gasteiger charge is -2.16. The molecule has 6 nitrogen and oxygen atoms in total. The fourth-order valence-electron chi connectivity index (χ4n) is 3.45. The van der Waals surface area contributed by atoms with Crippen LogP contribution in [0.4, 0.5) is 0 Å². The molecule has 27 heavy (non-hydrogen) atoms. The Morgan fingerprint density at radius 1 is 1.22 bits per heavy atom. The zero-order chi connectivity index (χ0) is 17.2. The third-order valence-corrected chi connectivity index (χ3v) is 4.87. The molecule has 0 saturated carbocycles. The van der Waals surface area contributed by atoms with Gasteiger partial charge >= 0.3 is 0 Å². The molecule has 3 aromatic rings. The Balaban J connectivity index is 0.00000131. The number of aromatic nitrogens is 5. The van der Waals surface area contributed by atoms with E-state index in [9.17, 15) is 0 Å². The van der Waals surface area contributed by atoms with E-state index in [4.69, 9.17) is 5.10 Å². The molecule has 4 heterocycles. The van der Waals surface area contributed by atoms with E-state index in [2.05, 4.69) is 50.5 Å². The summed E-state index contributed by atoms with van der Waals surface area (Å²) in [6, 6.07) is 6.53. The minimum Gasteiger partial charge on any atom is -0.326 e. The van der Waals surface area contributed by atoms with Gasteiger partial charge in [0, 0.05) is 49.8 Å². The van der Waals surface area contributed by atoms with Crippen LogP contribution in [0, 0.1) is 6.92 Å². The highest BCUT2D eigenvalue weighted by atomic mass is 35.5. The van der Waals surface area contributed by atoms with Crippen LogP contribution in [-0.2, 0) is 19.5 Å². The quantitative estimate of drug-likeness (QED) is 0.716. The van der Waals surface area contributed by atoms with Gasteiger partial charge in [-0.2, -0.15) is 5.10 Å². The van der Waals surface area contributed by atoms with Crippen molar-refractivity contribution in [2.24, 2.45) is 0 Å². The Morgan fingerprint density at radius 3 is 2.89 bits per heavy atom. The van der Waals surface area contributed by atoms with Crippen molar-refractivity contribution in [2.75, 3.05) is 6.54 Å². The predicted octanol–water partition coefficient (Wildman–Crippen LogP) is 3.59. The average molecular weight is 409 g/mol. The monoisotopic (exact) mass is 408 g/mol. The van der Waals surface area contributed by atoms with E-state index in [1.54, 1.807) is 0 Å². The lowest BCUT2D eigenvalue weighted by atomic mass is 10.1. The SMILES string of the molecule is Cc1cccnc1CC(C)n1ccnc1-c1cc2n(n1)CCCNC2.Cl.Cl. The molecule has 1 aliphatic heterocycles. The van der Waals surface area contributed by atoms with E-state index in [1.807, 2.05) is 24.7 Å². The average Bonchev–Trinajstić information content (AvgIpc) is 3.19. The third kappa shape index (κ3) is 4.51. The summed E-state index contributed by atoms with van der Waals surface area (Å²) in [5.74, 6) is 0.932. The van der Waals surface area contributed by atoms with Crippen LogP contribution in [0.1, 0.15) is 36.3 Å². The lowest BCUT2D eigenvalue weighted by Crippen LogP contribution is -2.12. The van der Waals surface area contributed by atoms with Gasteiger partial charge in [-0.25, -0.2) is 4.98 Å². The van der Waals surface area contributed by atoms with Crippen LogP contribution in [0.25, 0.3) is 11.5 Å². The first kappa shape index (κ1) is 21.4. The first-order chi connectivity index (χ1) is 12.2. The van der Waals surface area contributed by atoms with Gasteiger partial charge in [-0.1, -0.05) is 6.07 Å². The molecule has 1 aliphatic rings. The Labute approximate surface area is 172 Å². The minimum atomic E-state index is 0. The Kier molecular flexibility index (Phi) is 7.41. The molecular formula is C19H26Cl2N6. The normalized spacial score (nSPS) is 14.4. The van der Waals surface area contributed by atoms with Gasteiger partial charge in [0.05, 0.1) is 5.69 Å². The van der Waals surface area contributed by atoms with Gasteiger partial charge in [-0.3, -0.25) is 9.67 Å². The Hall–Kier alpha value is -1.89. The molecule has 0 radical (unpaired) electrons. The maximum atomic E-state index is 4.80. The van der Waals surface area contributed by atoms with Crippen LogP contribution in [-0.4, -0.2) is 30.9 Å². The number of imidazole rings is 1. The predicted molar refractivity (Wildman–Crippen MR) is 112 cm³/mol. The van der Waals surface area contributed by atoms with Gasteiger partial charge < -0.3 is 9.88 Å². The number of halogens is 2. The summed E-state index contributed by atoms with van der Waals surface area (Å²) in [5, 5.41) is 8.24. The Bertz CT molecular complexity index is 849. The Morgan fingerprint density at radius 2 is 2.07 bits per heavy atom. The van der Waals surface area contributed by atoms with Crippen LogP contribution in [0.15, 0.2) is 36.8 Å². The van der Waals surface area contributed by atoms with Crippen LogP contribution in [0.3, 0.4) is 0 Å². The second-order valence-corrected chi connectivity index (χ2v) is 6.75. The highest BCUT2D eigenvalue weighted by molar-refractivity contribution is 5.85. The fourth-order valence-corrected chi connectivity index (χ4v) is 3.45. The number of rotatable bonds is 4. The molecule has 0 aromatic carbocycles. The van der Waals surface area contributed by atoms with Crippen molar-refractivity contribution >= 4 is 24.8 Å². The summed E-state index contributed by atoms with van der Waals surface area (Å²) in [5.41, 5.74) is 4.55. The van der Waals surface area contributed by atoms with Gasteiger partial charge in [0.1, 0.15) is 5.69 Å². The van der Waals surface area contributed by atoms with Crippen molar-refractivity contribution in [3.8, 4) is 11.5 Å². The number of hydrogen-bond donors (Lipinski definition) is 1. The molecule has 0 aliphatic carbocycles. The van der Waals surface area contributed by atoms with E-state index in [1.165, 1.54) is 11.3 Å². The summed E-state index contributed by atoms with van der Waals surface area (Å²) in [6.07, 6.45) is 7.76. The van der Waals surface area contributed by atoms with E-state index in [0.29, 0.717) is 0 Å². The summed E-state index contributed by atoms with van der Waals surface area (Å²) in [6.45, 7) is 7.21. The number of hydrogen-bond acceptors (Lipinski definition) is 4. The van der Waals surface area contributed by atoms with Crippen LogP contribution in [0.5, 0.6) is 0 Å². The number of fused-ring (bicyclic) bond motifs is 1. The summed E-state index contributed by atoms with van der Waals surface area (Å²) >= 11 is 0. The zero-order valence-corrected chi connectivity index (χ0v) is 17.3. The molecule has 1 atom stereocenters. The summed E-state index contributed by atoms with van der Waals surface area (Å²) in [4.78, 5) is 9.12.